The molecule has 30 heavy (non-hydrogen) atoms. The van der Waals surface area contributed by atoms with E-state index in [1.165, 1.54) is 5.57 Å². The molecule has 0 saturated carbocycles. The summed E-state index contributed by atoms with van der Waals surface area (Å²) in [6.45, 7) is 7.72. The summed E-state index contributed by atoms with van der Waals surface area (Å²) in [5.74, 6) is 1.44. The Morgan fingerprint density at radius 2 is 1.97 bits per heavy atom. The Labute approximate surface area is 177 Å². The highest BCUT2D eigenvalue weighted by molar-refractivity contribution is 5.58. The molecular formula is C25H30O5. The van der Waals surface area contributed by atoms with Crippen molar-refractivity contribution in [2.45, 2.75) is 71.2 Å². The molecule has 0 radical (unpaired) electrons. The standard InChI is InChI=1S/C25H30O5/c1-14(2)5-6-16-11-18(19-13-22(27)25(3,4)30-24(19)23(16)28)20-10-8-15-7-9-17(26)12-21(15)29-20/h5,7,9,11-12,20,22,26-28H,6,8,10,13H2,1-4H3/t20-,22+/m1/s1. The minimum Gasteiger partial charge on any atom is -0.508 e. The first-order chi connectivity index (χ1) is 14.2. The van der Waals surface area contributed by atoms with Gasteiger partial charge in [-0.3, -0.25) is 0 Å². The van der Waals surface area contributed by atoms with Gasteiger partial charge in [0.15, 0.2) is 11.5 Å². The quantitative estimate of drug-likeness (QED) is 0.637. The molecule has 0 spiro atoms. The predicted molar refractivity (Wildman–Crippen MR) is 115 cm³/mol. The molecule has 160 valence electrons. The lowest BCUT2D eigenvalue weighted by molar-refractivity contribution is -0.0433. The first kappa shape index (κ1) is 20.6. The molecule has 0 unspecified atom stereocenters. The van der Waals surface area contributed by atoms with E-state index in [1.807, 2.05) is 39.8 Å². The van der Waals surface area contributed by atoms with Crippen LogP contribution in [-0.2, 0) is 19.3 Å². The van der Waals surface area contributed by atoms with Crippen LogP contribution in [0.2, 0.25) is 0 Å². The number of aryl methyl sites for hydroxylation is 1. The molecule has 0 saturated heterocycles. The van der Waals surface area contributed by atoms with Crippen LogP contribution in [0.25, 0.3) is 0 Å². The van der Waals surface area contributed by atoms with Crippen molar-refractivity contribution in [1.82, 2.24) is 0 Å². The van der Waals surface area contributed by atoms with Gasteiger partial charge >= 0.3 is 0 Å². The van der Waals surface area contributed by atoms with Crippen molar-refractivity contribution >= 4 is 0 Å². The Morgan fingerprint density at radius 3 is 2.70 bits per heavy atom. The smallest absolute Gasteiger partial charge is 0.165 e. The van der Waals surface area contributed by atoms with Crippen molar-refractivity contribution in [3.8, 4) is 23.0 Å². The Bertz CT molecular complexity index is 1000. The Hall–Kier alpha value is -2.66. The average Bonchev–Trinajstić information content (AvgIpc) is 2.68. The van der Waals surface area contributed by atoms with Gasteiger partial charge in [-0.15, -0.1) is 0 Å². The Balaban J connectivity index is 1.81. The van der Waals surface area contributed by atoms with Gasteiger partial charge in [0, 0.05) is 23.6 Å². The van der Waals surface area contributed by atoms with E-state index in [0.29, 0.717) is 24.3 Å². The second-order valence-electron chi connectivity index (χ2n) is 9.13. The Morgan fingerprint density at radius 1 is 1.20 bits per heavy atom. The highest BCUT2D eigenvalue weighted by atomic mass is 16.5. The second kappa shape index (κ2) is 7.55. The van der Waals surface area contributed by atoms with Gasteiger partial charge in [0.1, 0.15) is 23.2 Å². The van der Waals surface area contributed by atoms with Crippen LogP contribution < -0.4 is 9.47 Å². The summed E-state index contributed by atoms with van der Waals surface area (Å²) in [6, 6.07) is 7.20. The van der Waals surface area contributed by atoms with Gasteiger partial charge in [0.25, 0.3) is 0 Å². The maximum absolute atomic E-state index is 11.0. The lowest BCUT2D eigenvalue weighted by Gasteiger charge is -2.39. The van der Waals surface area contributed by atoms with Gasteiger partial charge < -0.3 is 24.8 Å². The van der Waals surface area contributed by atoms with Crippen LogP contribution in [-0.4, -0.2) is 27.0 Å². The van der Waals surface area contributed by atoms with Crippen molar-refractivity contribution < 1.29 is 24.8 Å². The number of ether oxygens (including phenoxy) is 2. The van der Waals surface area contributed by atoms with Crippen LogP contribution in [0.1, 0.15) is 62.5 Å². The third-order valence-electron chi connectivity index (χ3n) is 6.11. The zero-order chi connectivity index (χ0) is 21.6. The van der Waals surface area contributed by atoms with Crippen molar-refractivity contribution in [3.05, 3.63) is 58.2 Å². The summed E-state index contributed by atoms with van der Waals surface area (Å²) < 4.78 is 12.4. The van der Waals surface area contributed by atoms with Crippen molar-refractivity contribution in [1.29, 1.82) is 0 Å². The van der Waals surface area contributed by atoms with E-state index in [-0.39, 0.29) is 17.6 Å². The van der Waals surface area contributed by atoms with Gasteiger partial charge in [-0.25, -0.2) is 0 Å². The predicted octanol–water partition coefficient (Wildman–Crippen LogP) is 4.75. The zero-order valence-electron chi connectivity index (χ0n) is 18.0. The fourth-order valence-corrected chi connectivity index (χ4v) is 4.19. The molecule has 4 rings (SSSR count). The fraction of sp³-hybridized carbons (Fsp3) is 0.440. The lowest BCUT2D eigenvalue weighted by atomic mass is 9.84. The maximum Gasteiger partial charge on any atom is 0.165 e. The number of allylic oxidation sites excluding steroid dienone is 2. The van der Waals surface area contributed by atoms with Crippen LogP contribution in [0, 0.1) is 0 Å². The van der Waals surface area contributed by atoms with E-state index >= 15 is 0 Å². The Kier molecular flexibility index (Phi) is 5.18. The number of fused-ring (bicyclic) bond motifs is 2. The van der Waals surface area contributed by atoms with E-state index < -0.39 is 11.7 Å². The molecule has 2 aliphatic heterocycles. The molecule has 3 N–H and O–H groups in total. The molecule has 0 amide bonds. The van der Waals surface area contributed by atoms with Crippen LogP contribution in [0.4, 0.5) is 0 Å². The number of phenols is 2. The highest BCUT2D eigenvalue weighted by Gasteiger charge is 2.40. The molecule has 0 bridgehead atoms. The fourth-order valence-electron chi connectivity index (χ4n) is 4.19. The van der Waals surface area contributed by atoms with Crippen molar-refractivity contribution in [2.24, 2.45) is 0 Å². The summed E-state index contributed by atoms with van der Waals surface area (Å²) >= 11 is 0. The number of aliphatic hydroxyl groups excluding tert-OH is 1. The highest BCUT2D eigenvalue weighted by Crippen LogP contribution is 2.48. The minimum absolute atomic E-state index is 0.139. The van der Waals surface area contributed by atoms with Crippen LogP contribution in [0.5, 0.6) is 23.0 Å². The maximum atomic E-state index is 11.0. The van der Waals surface area contributed by atoms with E-state index in [4.69, 9.17) is 9.47 Å². The molecule has 0 fully saturated rings. The first-order valence-corrected chi connectivity index (χ1v) is 10.5. The lowest BCUT2D eigenvalue weighted by Crippen LogP contribution is -2.46. The summed E-state index contributed by atoms with van der Waals surface area (Å²) in [4.78, 5) is 0. The summed E-state index contributed by atoms with van der Waals surface area (Å²) in [7, 11) is 0. The summed E-state index contributed by atoms with van der Waals surface area (Å²) in [6.07, 6.45) is 3.72. The van der Waals surface area contributed by atoms with Gasteiger partial charge in [-0.2, -0.15) is 0 Å². The molecule has 2 atom stereocenters. The molecule has 2 aromatic rings. The molecule has 5 heteroatoms. The van der Waals surface area contributed by atoms with E-state index in [9.17, 15) is 15.3 Å². The third kappa shape index (κ3) is 3.74. The normalized spacial score (nSPS) is 21.6. The van der Waals surface area contributed by atoms with E-state index in [1.54, 1.807) is 12.1 Å². The summed E-state index contributed by atoms with van der Waals surface area (Å²) in [5, 5.41) is 31.5. The van der Waals surface area contributed by atoms with Gasteiger partial charge in [0.2, 0.25) is 0 Å². The molecule has 2 heterocycles. The topological polar surface area (TPSA) is 79.2 Å². The third-order valence-corrected chi connectivity index (χ3v) is 6.11. The molecular weight excluding hydrogens is 380 g/mol. The molecule has 0 aliphatic carbocycles. The number of rotatable bonds is 3. The number of aromatic hydroxyl groups is 2. The SMILES string of the molecule is CC(C)=CCc1cc([C@H]2CCc3ccc(O)cc3O2)c2c(c1O)OC(C)(C)[C@@H](O)C2. The number of aliphatic hydroxyl groups is 1. The average molecular weight is 411 g/mol. The van der Waals surface area contributed by atoms with Crippen LogP contribution in [0.15, 0.2) is 35.9 Å². The molecule has 5 nitrogen and oxygen atoms in total. The first-order valence-electron chi connectivity index (χ1n) is 10.5. The largest absolute Gasteiger partial charge is 0.508 e. The van der Waals surface area contributed by atoms with Crippen molar-refractivity contribution in [2.75, 3.05) is 0 Å². The molecule has 0 aromatic heterocycles. The monoisotopic (exact) mass is 410 g/mol. The minimum atomic E-state index is -0.789. The summed E-state index contributed by atoms with van der Waals surface area (Å²) in [5.41, 5.74) is 3.96. The van der Waals surface area contributed by atoms with E-state index in [0.717, 1.165) is 35.1 Å². The van der Waals surface area contributed by atoms with Crippen molar-refractivity contribution in [3.63, 3.8) is 0 Å². The number of hydrogen-bond donors (Lipinski definition) is 3. The van der Waals surface area contributed by atoms with Gasteiger partial charge in [0.05, 0.1) is 6.10 Å². The molecule has 2 aromatic carbocycles. The number of benzene rings is 2. The van der Waals surface area contributed by atoms with E-state index in [2.05, 4.69) is 6.08 Å². The zero-order valence-corrected chi connectivity index (χ0v) is 18.0. The van der Waals surface area contributed by atoms with Gasteiger partial charge in [-0.1, -0.05) is 17.7 Å². The number of phenolic OH excluding ortho intramolecular Hbond substituents is 2. The second-order valence-corrected chi connectivity index (χ2v) is 9.13. The number of hydrogen-bond acceptors (Lipinski definition) is 5. The van der Waals surface area contributed by atoms with Crippen LogP contribution in [0.3, 0.4) is 0 Å². The van der Waals surface area contributed by atoms with Crippen LogP contribution >= 0.6 is 0 Å². The molecule has 2 aliphatic rings. The van der Waals surface area contributed by atoms with Gasteiger partial charge in [-0.05, 0) is 70.2 Å².